The van der Waals surface area contributed by atoms with Crippen molar-refractivity contribution in [3.8, 4) is 0 Å². The van der Waals surface area contributed by atoms with Crippen LogP contribution in [0.3, 0.4) is 0 Å². The zero-order valence-electron chi connectivity index (χ0n) is 11.8. The molecule has 0 aromatic carbocycles. The maximum atomic E-state index is 5.70. The minimum absolute atomic E-state index is 0.306. The van der Waals surface area contributed by atoms with Gasteiger partial charge in [-0.25, -0.2) is 0 Å². The molecule has 3 aromatic rings. The van der Waals surface area contributed by atoms with Crippen molar-refractivity contribution in [2.75, 3.05) is 0 Å². The predicted molar refractivity (Wildman–Crippen MR) is 77.6 cm³/mol. The Morgan fingerprint density at radius 1 is 0.636 bits per heavy atom. The van der Waals surface area contributed by atoms with E-state index in [0.29, 0.717) is 19.8 Å². The molecular formula is C15H16O6Si. The Kier molecular flexibility index (Phi) is 5.27. The van der Waals surface area contributed by atoms with Crippen molar-refractivity contribution in [3.05, 3.63) is 72.5 Å². The average Bonchev–Trinajstić information content (AvgIpc) is 3.29. The van der Waals surface area contributed by atoms with Crippen LogP contribution in [0.4, 0.5) is 0 Å². The minimum atomic E-state index is -2.35. The lowest BCUT2D eigenvalue weighted by atomic mass is 10.5. The van der Waals surface area contributed by atoms with E-state index in [4.69, 9.17) is 26.5 Å². The Morgan fingerprint density at radius 2 is 1.00 bits per heavy atom. The van der Waals surface area contributed by atoms with Gasteiger partial charge in [-0.3, -0.25) is 0 Å². The molecule has 0 saturated heterocycles. The van der Waals surface area contributed by atoms with Gasteiger partial charge in [0.05, 0.1) is 38.6 Å². The molecule has 0 aliphatic rings. The van der Waals surface area contributed by atoms with E-state index < -0.39 is 9.53 Å². The van der Waals surface area contributed by atoms with Gasteiger partial charge in [0.15, 0.2) is 0 Å². The van der Waals surface area contributed by atoms with E-state index in [1.807, 2.05) is 36.4 Å². The molecule has 0 radical (unpaired) electrons. The van der Waals surface area contributed by atoms with Gasteiger partial charge in [-0.15, -0.1) is 0 Å². The number of hydrogen-bond acceptors (Lipinski definition) is 6. The second-order valence-electron chi connectivity index (χ2n) is 4.46. The molecule has 0 aliphatic heterocycles. The van der Waals surface area contributed by atoms with E-state index in [-0.39, 0.29) is 0 Å². The Balaban J connectivity index is 1.51. The van der Waals surface area contributed by atoms with Crippen LogP contribution < -0.4 is 0 Å². The van der Waals surface area contributed by atoms with Gasteiger partial charge in [-0.1, -0.05) is 0 Å². The van der Waals surface area contributed by atoms with E-state index >= 15 is 0 Å². The molecule has 3 aromatic heterocycles. The van der Waals surface area contributed by atoms with Crippen molar-refractivity contribution >= 4 is 9.53 Å². The second kappa shape index (κ2) is 7.81. The first-order valence-electron chi connectivity index (χ1n) is 6.82. The fourth-order valence-corrected chi connectivity index (χ4v) is 2.97. The average molecular weight is 320 g/mol. The summed E-state index contributed by atoms with van der Waals surface area (Å²) >= 11 is 0. The lowest BCUT2D eigenvalue weighted by molar-refractivity contribution is 0.0625. The van der Waals surface area contributed by atoms with E-state index in [9.17, 15) is 0 Å². The lowest BCUT2D eigenvalue weighted by Gasteiger charge is -2.15. The highest BCUT2D eigenvalue weighted by atomic mass is 28.3. The third-order valence-electron chi connectivity index (χ3n) is 2.83. The SMILES string of the molecule is c1coc(CO[SiH](OCc2ccco2)OCc2ccco2)c1. The molecule has 116 valence electrons. The van der Waals surface area contributed by atoms with Gasteiger partial charge in [0.1, 0.15) is 17.3 Å². The van der Waals surface area contributed by atoms with Gasteiger partial charge in [-0.2, -0.15) is 0 Å². The fourth-order valence-electron chi connectivity index (χ4n) is 1.78. The molecule has 0 atom stereocenters. The first-order chi connectivity index (χ1) is 10.9. The normalized spacial score (nSPS) is 11.3. The van der Waals surface area contributed by atoms with Crippen molar-refractivity contribution in [3.63, 3.8) is 0 Å². The van der Waals surface area contributed by atoms with Gasteiger partial charge >= 0.3 is 9.53 Å². The van der Waals surface area contributed by atoms with Gasteiger partial charge < -0.3 is 26.5 Å². The summed E-state index contributed by atoms with van der Waals surface area (Å²) in [5, 5.41) is 0. The van der Waals surface area contributed by atoms with E-state index in [0.717, 1.165) is 17.3 Å². The standard InChI is InChI=1S/C15H16O6Si/c1-4-13(16-7-1)10-19-22(20-11-14-5-2-8-17-14)21-12-15-6-3-9-18-15/h1-9,22H,10-12H2. The largest absolute Gasteiger partial charge is 0.485 e. The topological polar surface area (TPSA) is 67.1 Å². The quantitative estimate of drug-likeness (QED) is 0.564. The van der Waals surface area contributed by atoms with Crippen LogP contribution in [-0.2, 0) is 33.1 Å². The summed E-state index contributed by atoms with van der Waals surface area (Å²) in [6.45, 7) is 0.917. The number of rotatable bonds is 9. The first-order valence-corrected chi connectivity index (χ1v) is 8.23. The smallest absolute Gasteiger partial charge is 0.467 e. The van der Waals surface area contributed by atoms with Crippen LogP contribution in [0.15, 0.2) is 68.4 Å². The van der Waals surface area contributed by atoms with Crippen molar-refractivity contribution in [2.24, 2.45) is 0 Å². The summed E-state index contributed by atoms with van der Waals surface area (Å²) in [5.41, 5.74) is 0. The summed E-state index contributed by atoms with van der Waals surface area (Å²) in [6.07, 6.45) is 4.80. The molecule has 0 fully saturated rings. The van der Waals surface area contributed by atoms with Gasteiger partial charge in [0, 0.05) is 0 Å². The van der Waals surface area contributed by atoms with Crippen LogP contribution >= 0.6 is 0 Å². The summed E-state index contributed by atoms with van der Waals surface area (Å²) < 4.78 is 32.8. The third kappa shape index (κ3) is 4.47. The molecule has 7 heteroatoms. The Hall–Kier alpha value is -2.06. The van der Waals surface area contributed by atoms with Crippen LogP contribution in [0.1, 0.15) is 17.3 Å². The van der Waals surface area contributed by atoms with Crippen LogP contribution in [-0.4, -0.2) is 9.53 Å². The molecule has 0 unspecified atom stereocenters. The molecule has 0 spiro atoms. The zero-order valence-corrected chi connectivity index (χ0v) is 13.0. The molecule has 0 N–H and O–H groups in total. The monoisotopic (exact) mass is 320 g/mol. The highest BCUT2D eigenvalue weighted by Crippen LogP contribution is 2.10. The summed E-state index contributed by atoms with van der Waals surface area (Å²) in [7, 11) is -2.35. The molecule has 0 saturated carbocycles. The van der Waals surface area contributed by atoms with Gasteiger partial charge in [-0.05, 0) is 36.4 Å². The molecule has 0 bridgehead atoms. The molecule has 3 rings (SSSR count). The van der Waals surface area contributed by atoms with Crippen molar-refractivity contribution < 1.29 is 26.5 Å². The lowest BCUT2D eigenvalue weighted by Crippen LogP contribution is -2.26. The summed E-state index contributed by atoms with van der Waals surface area (Å²) in [5.74, 6) is 2.17. The molecular weight excluding hydrogens is 304 g/mol. The maximum absolute atomic E-state index is 5.70. The van der Waals surface area contributed by atoms with Gasteiger partial charge in [0.25, 0.3) is 0 Å². The molecule has 22 heavy (non-hydrogen) atoms. The molecule has 0 amide bonds. The highest BCUT2D eigenvalue weighted by Gasteiger charge is 2.18. The number of hydrogen-bond donors (Lipinski definition) is 0. The first kappa shape index (κ1) is 14.9. The molecule has 3 heterocycles. The van der Waals surface area contributed by atoms with Crippen LogP contribution in [0.5, 0.6) is 0 Å². The fraction of sp³-hybridized carbons (Fsp3) is 0.200. The van der Waals surface area contributed by atoms with E-state index in [2.05, 4.69) is 0 Å². The predicted octanol–water partition coefficient (Wildman–Crippen LogP) is 3.13. The summed E-state index contributed by atoms with van der Waals surface area (Å²) in [4.78, 5) is 0. The van der Waals surface area contributed by atoms with Gasteiger partial charge in [0.2, 0.25) is 0 Å². The molecule has 6 nitrogen and oxygen atoms in total. The Morgan fingerprint density at radius 3 is 1.27 bits per heavy atom. The van der Waals surface area contributed by atoms with E-state index in [1.54, 1.807) is 18.8 Å². The van der Waals surface area contributed by atoms with Crippen LogP contribution in [0.25, 0.3) is 0 Å². The Labute approximate surface area is 129 Å². The highest BCUT2D eigenvalue weighted by molar-refractivity contribution is 6.36. The second-order valence-corrected chi connectivity index (χ2v) is 6.04. The van der Waals surface area contributed by atoms with E-state index in [1.165, 1.54) is 0 Å². The van der Waals surface area contributed by atoms with Crippen LogP contribution in [0.2, 0.25) is 0 Å². The maximum Gasteiger partial charge on any atom is 0.485 e. The van der Waals surface area contributed by atoms with Crippen molar-refractivity contribution in [1.29, 1.82) is 0 Å². The third-order valence-corrected chi connectivity index (χ3v) is 4.14. The number of furan rings is 3. The zero-order chi connectivity index (χ0) is 15.0. The van der Waals surface area contributed by atoms with Crippen molar-refractivity contribution in [1.82, 2.24) is 0 Å². The Bertz CT molecular complexity index is 526. The summed E-state index contributed by atoms with van der Waals surface area (Å²) in [6, 6.07) is 10.9. The molecule has 0 aliphatic carbocycles. The van der Waals surface area contributed by atoms with Crippen LogP contribution in [0, 0.1) is 0 Å². The minimum Gasteiger partial charge on any atom is -0.467 e. The van der Waals surface area contributed by atoms with Crippen molar-refractivity contribution in [2.45, 2.75) is 19.8 Å².